The van der Waals surface area contributed by atoms with Crippen LogP contribution in [0.1, 0.15) is 87.7 Å². The van der Waals surface area contributed by atoms with Gasteiger partial charge in [0.1, 0.15) is 52.6 Å². The van der Waals surface area contributed by atoms with Crippen molar-refractivity contribution in [2.24, 2.45) is 16.5 Å². The van der Waals surface area contributed by atoms with Crippen LogP contribution in [0.5, 0.6) is 11.5 Å². The van der Waals surface area contributed by atoms with Crippen LogP contribution >= 0.6 is 0 Å². The quantitative estimate of drug-likeness (QED) is 0.0285. The summed E-state index contributed by atoms with van der Waals surface area (Å²) in [7, 11) is 2.96. The van der Waals surface area contributed by atoms with Crippen molar-refractivity contribution >= 4 is 71.2 Å². The maximum absolute atomic E-state index is 13.9. The Morgan fingerprint density at radius 3 is 2.07 bits per heavy atom. The Morgan fingerprint density at radius 2 is 1.48 bits per heavy atom. The van der Waals surface area contributed by atoms with Crippen molar-refractivity contribution in [3.63, 3.8) is 0 Å². The summed E-state index contributed by atoms with van der Waals surface area (Å²) in [5, 5.41) is 17.6. The number of anilines is 2. The number of piperazine rings is 1. The minimum absolute atomic E-state index is 0.00309. The second-order valence-electron chi connectivity index (χ2n) is 17.8. The predicted octanol–water partition coefficient (Wildman–Crippen LogP) is 4.81. The van der Waals surface area contributed by atoms with Gasteiger partial charge in [0.15, 0.2) is 0 Å². The van der Waals surface area contributed by atoms with Crippen LogP contribution in [0.3, 0.4) is 0 Å². The Morgan fingerprint density at radius 1 is 0.840 bits per heavy atom. The number of benzene rings is 2. The molecule has 1 aliphatic rings. The number of imidazole rings is 1. The summed E-state index contributed by atoms with van der Waals surface area (Å²) >= 11 is 0. The van der Waals surface area contributed by atoms with Crippen molar-refractivity contribution in [1.29, 1.82) is 0 Å². The molecule has 4 heterocycles. The summed E-state index contributed by atoms with van der Waals surface area (Å²) in [6.07, 6.45) is 7.33. The molecule has 0 saturated carbocycles. The third-order valence-electron chi connectivity index (χ3n) is 11.4. The van der Waals surface area contributed by atoms with E-state index in [0.29, 0.717) is 102 Å². The zero-order valence-electron chi connectivity index (χ0n) is 44.1. The average molecular weight is 1040 g/mol. The summed E-state index contributed by atoms with van der Waals surface area (Å²) in [5.74, 6) is -0.911. The van der Waals surface area contributed by atoms with E-state index < -0.39 is 23.5 Å². The highest BCUT2D eigenvalue weighted by Crippen LogP contribution is 2.39. The fourth-order valence-electron chi connectivity index (χ4n) is 7.98. The van der Waals surface area contributed by atoms with E-state index in [9.17, 15) is 28.8 Å². The van der Waals surface area contributed by atoms with Crippen molar-refractivity contribution < 1.29 is 43.0 Å². The minimum atomic E-state index is -0.731. The van der Waals surface area contributed by atoms with Crippen LogP contribution in [0.2, 0.25) is 0 Å². The number of rotatable bonds is 21. The zero-order valence-corrected chi connectivity index (χ0v) is 44.1. The van der Waals surface area contributed by atoms with Gasteiger partial charge in [-0.2, -0.15) is 10.2 Å². The van der Waals surface area contributed by atoms with Crippen molar-refractivity contribution in [3.8, 4) is 11.5 Å². The topological polar surface area (TPSA) is 294 Å². The number of aliphatic imine (C=N–C) groups is 1. The normalized spacial score (nSPS) is 12.6. The number of hydrogen-bond acceptors (Lipinski definition) is 15. The highest BCUT2D eigenvalue weighted by molar-refractivity contribution is 6.04. The molecule has 1 aliphatic heterocycles. The molecule has 24 nitrogen and oxygen atoms in total. The molecule has 0 unspecified atom stereocenters. The molecule has 0 radical (unpaired) electrons. The molecule has 0 aliphatic carbocycles. The first kappa shape index (κ1) is 57.4. The SMILES string of the molecule is C=Nc1cc(C=O)cc(OC)c1N(C/C=C/Cn1c(NC(=O)c2cc(C)nn2CC)nc2cc(C(N)=O)cc(OC/C=C/CNC(=O)N3CCN(C(=O)OC(C)(C)C)CC3)c21)CNC(=O)c1cc(C)nn1CC.CN. The van der Waals surface area contributed by atoms with Crippen LogP contribution < -0.4 is 41.8 Å². The summed E-state index contributed by atoms with van der Waals surface area (Å²) in [6, 6.07) is 9.21. The van der Waals surface area contributed by atoms with E-state index in [1.165, 1.54) is 26.3 Å². The number of carbonyl (C=O) groups excluding carboxylic acids is 6. The van der Waals surface area contributed by atoms with Crippen LogP contribution in [0.4, 0.5) is 26.9 Å². The molecule has 0 spiro atoms. The molecule has 5 aromatic rings. The Labute approximate surface area is 435 Å². The molecular weight excluding hydrogens is 967 g/mol. The number of aromatic nitrogens is 6. The first-order valence-corrected chi connectivity index (χ1v) is 24.3. The van der Waals surface area contributed by atoms with Gasteiger partial charge in [0.2, 0.25) is 11.9 Å². The van der Waals surface area contributed by atoms with E-state index in [4.69, 9.17) is 24.9 Å². The summed E-state index contributed by atoms with van der Waals surface area (Å²) in [6.45, 7) is 19.2. The number of ether oxygens (including phenoxy) is 3. The molecule has 6 rings (SSSR count). The van der Waals surface area contributed by atoms with Crippen LogP contribution in [0, 0.1) is 13.8 Å². The number of amides is 6. The van der Waals surface area contributed by atoms with Gasteiger partial charge in [-0.25, -0.2) is 14.6 Å². The number of hydrogen-bond donors (Lipinski definition) is 5. The van der Waals surface area contributed by atoms with Gasteiger partial charge in [-0.3, -0.25) is 38.9 Å². The average Bonchev–Trinajstić information content (AvgIpc) is 4.09. The minimum Gasteiger partial charge on any atom is -0.494 e. The van der Waals surface area contributed by atoms with Gasteiger partial charge in [-0.05, 0) is 105 Å². The number of fused-ring (bicyclic) bond motifs is 1. The molecule has 75 heavy (non-hydrogen) atoms. The lowest BCUT2D eigenvalue weighted by atomic mass is 10.1. The second kappa shape index (κ2) is 26.4. The first-order valence-electron chi connectivity index (χ1n) is 24.3. The number of carbonyl (C=O) groups is 6. The predicted molar refractivity (Wildman–Crippen MR) is 285 cm³/mol. The molecule has 0 atom stereocenters. The van der Waals surface area contributed by atoms with Crippen LogP contribution in [0.15, 0.2) is 65.7 Å². The number of methoxy groups -OCH3 is 1. The van der Waals surface area contributed by atoms with Crippen LogP contribution in [-0.4, -0.2) is 154 Å². The van der Waals surface area contributed by atoms with Crippen LogP contribution in [-0.2, 0) is 24.4 Å². The van der Waals surface area contributed by atoms with Crippen molar-refractivity contribution in [2.75, 3.05) is 76.9 Å². The first-order chi connectivity index (χ1) is 35.9. The number of nitrogens with one attached hydrogen (secondary N) is 3. The molecule has 6 amide bonds. The van der Waals surface area contributed by atoms with E-state index in [1.807, 2.05) is 26.0 Å². The molecular formula is C51H69N15O9. The number of aryl methyl sites for hydroxylation is 4. The summed E-state index contributed by atoms with van der Waals surface area (Å²) in [4.78, 5) is 91.4. The molecule has 24 heteroatoms. The van der Waals surface area contributed by atoms with E-state index in [1.54, 1.807) is 99.7 Å². The van der Waals surface area contributed by atoms with Gasteiger partial charge in [-0.15, -0.1) is 0 Å². The van der Waals surface area contributed by atoms with Crippen molar-refractivity contribution in [1.82, 2.24) is 49.5 Å². The van der Waals surface area contributed by atoms with E-state index in [2.05, 4.69) is 43.6 Å². The van der Waals surface area contributed by atoms with Gasteiger partial charge in [0.25, 0.3) is 11.8 Å². The third-order valence-corrected chi connectivity index (χ3v) is 11.4. The lowest BCUT2D eigenvalue weighted by molar-refractivity contribution is 0.0170. The zero-order chi connectivity index (χ0) is 55.0. The van der Waals surface area contributed by atoms with Gasteiger partial charge >= 0.3 is 12.1 Å². The summed E-state index contributed by atoms with van der Waals surface area (Å²) < 4.78 is 22.4. The Hall–Kier alpha value is -8.54. The van der Waals surface area contributed by atoms with Gasteiger partial charge in [0.05, 0.1) is 36.4 Å². The Balaban J connectivity index is 0.00000514. The van der Waals surface area contributed by atoms with Crippen LogP contribution in [0.25, 0.3) is 11.0 Å². The summed E-state index contributed by atoms with van der Waals surface area (Å²) in [5.41, 5.74) is 13.6. The number of aldehydes is 1. The molecule has 7 N–H and O–H groups in total. The second-order valence-corrected chi connectivity index (χ2v) is 17.8. The van der Waals surface area contributed by atoms with Gasteiger partial charge in [-0.1, -0.05) is 18.2 Å². The maximum atomic E-state index is 13.9. The van der Waals surface area contributed by atoms with Gasteiger partial charge < -0.3 is 55.6 Å². The number of allylic oxidation sites excluding steroid dienone is 1. The number of nitrogens with two attached hydrogens (primary N) is 2. The number of urea groups is 1. The smallest absolute Gasteiger partial charge is 0.410 e. The standard InChI is InChI=1S/C50H64N14O9.CH5N/c1-10-63-38(24-32(3)57-63)45(67)54-31-61(42-36(52-8)26-34(30-65)27-40(42)71-9)17-13-14-18-62-43-37(55-47(62)56-46(68)39-25-33(4)58-64(39)11-2)28-35(44(51)66)29-41(43)72-23-15-12-16-53-48(69)59-19-21-60(22-20-59)49(70)73-50(5,6)7;1-2/h12-15,24-30H,8,10-11,16-23,31H2,1-7,9H3,(H2,51,66)(H,53,69)(H,54,67)(H,55,56,68);2H2,1H3/b14-13+,15-12+;. The molecule has 402 valence electrons. The van der Waals surface area contributed by atoms with E-state index in [-0.39, 0.29) is 62.1 Å². The highest BCUT2D eigenvalue weighted by atomic mass is 16.6. The molecule has 3 aromatic heterocycles. The lowest BCUT2D eigenvalue weighted by Crippen LogP contribution is -2.53. The molecule has 0 bridgehead atoms. The monoisotopic (exact) mass is 1040 g/mol. The van der Waals surface area contributed by atoms with Crippen molar-refractivity contribution in [2.45, 2.75) is 73.7 Å². The molecule has 2 aromatic carbocycles. The fraction of sp³-hybridized carbons (Fsp3) is 0.412. The highest BCUT2D eigenvalue weighted by Gasteiger charge is 2.28. The maximum Gasteiger partial charge on any atom is 0.410 e. The fourth-order valence-corrected chi connectivity index (χ4v) is 7.98. The molecule has 1 fully saturated rings. The third kappa shape index (κ3) is 14.8. The van der Waals surface area contributed by atoms with Gasteiger partial charge in [0, 0.05) is 70.0 Å². The Bertz CT molecular complexity index is 2920. The largest absolute Gasteiger partial charge is 0.494 e. The van der Waals surface area contributed by atoms with Crippen molar-refractivity contribution in [3.05, 3.63) is 94.6 Å². The number of primary amides is 1. The number of nitrogens with zero attached hydrogens (tertiary/aromatic N) is 10. The van der Waals surface area contributed by atoms with E-state index in [0.717, 1.165) is 0 Å². The Kier molecular flexibility index (Phi) is 20.2. The lowest BCUT2D eigenvalue weighted by Gasteiger charge is -2.35. The molecule has 1 saturated heterocycles. The van der Waals surface area contributed by atoms with E-state index >= 15 is 0 Å².